The van der Waals surface area contributed by atoms with Crippen LogP contribution in [0.15, 0.2) is 36.4 Å². The van der Waals surface area contributed by atoms with Crippen molar-refractivity contribution in [2.24, 2.45) is 0 Å². The van der Waals surface area contributed by atoms with Crippen LogP contribution in [0.25, 0.3) is 0 Å². The number of nitrogens with one attached hydrogen (secondary N) is 1. The number of esters is 1. The zero-order valence-electron chi connectivity index (χ0n) is 11.9. The normalized spacial score (nSPS) is 11.4. The molecular formula is C16H11Cl2FN2O2. The van der Waals surface area contributed by atoms with Gasteiger partial charge in [0.2, 0.25) is 0 Å². The van der Waals surface area contributed by atoms with Crippen molar-refractivity contribution < 1.29 is 13.9 Å². The van der Waals surface area contributed by atoms with Gasteiger partial charge in [-0.1, -0.05) is 23.2 Å². The van der Waals surface area contributed by atoms with Gasteiger partial charge >= 0.3 is 5.97 Å². The second kappa shape index (κ2) is 7.32. The molecule has 0 heterocycles. The summed E-state index contributed by atoms with van der Waals surface area (Å²) in [5, 5.41) is 12.6. The van der Waals surface area contributed by atoms with Gasteiger partial charge in [0.25, 0.3) is 0 Å². The summed E-state index contributed by atoms with van der Waals surface area (Å²) >= 11 is 11.7. The lowest BCUT2D eigenvalue weighted by Crippen LogP contribution is -2.12. The standard InChI is InChI=1S/C16H11Cl2FN2O2/c1-9(22)23-16-5-2-10(17)6-12(16)15(8-20)21-11-3-4-14(19)13(18)7-11/h2-7,15,21H,1H3. The number of nitrogens with zero attached hydrogens (tertiary/aromatic N) is 1. The summed E-state index contributed by atoms with van der Waals surface area (Å²) in [6, 6.07) is 9.73. The van der Waals surface area contributed by atoms with Crippen LogP contribution in [0.4, 0.5) is 10.1 Å². The SMILES string of the molecule is CC(=O)Oc1ccc(Cl)cc1C(C#N)Nc1ccc(F)c(Cl)c1. The van der Waals surface area contributed by atoms with E-state index in [1.165, 1.54) is 37.3 Å². The molecule has 0 amide bonds. The largest absolute Gasteiger partial charge is 0.426 e. The summed E-state index contributed by atoms with van der Waals surface area (Å²) in [5.74, 6) is -0.863. The number of hydrogen-bond acceptors (Lipinski definition) is 4. The Kier molecular flexibility index (Phi) is 5.43. The fourth-order valence-corrected chi connectivity index (χ4v) is 2.29. The second-order valence-electron chi connectivity index (χ2n) is 4.61. The van der Waals surface area contributed by atoms with Crippen LogP contribution in [0.5, 0.6) is 5.75 Å². The zero-order valence-corrected chi connectivity index (χ0v) is 13.5. The van der Waals surface area contributed by atoms with Gasteiger partial charge in [-0.2, -0.15) is 5.26 Å². The minimum Gasteiger partial charge on any atom is -0.426 e. The van der Waals surface area contributed by atoms with E-state index in [-0.39, 0.29) is 10.8 Å². The third kappa shape index (κ3) is 4.35. The predicted molar refractivity (Wildman–Crippen MR) is 86.1 cm³/mol. The highest BCUT2D eigenvalue weighted by Gasteiger charge is 2.18. The molecule has 0 spiro atoms. The Morgan fingerprint density at radius 3 is 2.65 bits per heavy atom. The topological polar surface area (TPSA) is 62.1 Å². The number of carbonyl (C=O) groups is 1. The molecule has 0 aliphatic rings. The zero-order chi connectivity index (χ0) is 17.0. The molecule has 2 aromatic carbocycles. The van der Waals surface area contributed by atoms with E-state index in [0.29, 0.717) is 16.3 Å². The van der Waals surface area contributed by atoms with Crippen LogP contribution in [0.3, 0.4) is 0 Å². The molecule has 0 aliphatic carbocycles. The van der Waals surface area contributed by atoms with E-state index in [0.717, 1.165) is 0 Å². The molecule has 0 aromatic heterocycles. The Hall–Kier alpha value is -2.29. The first-order valence-corrected chi connectivity index (χ1v) is 7.25. The van der Waals surface area contributed by atoms with E-state index in [4.69, 9.17) is 27.9 Å². The van der Waals surface area contributed by atoms with Crippen molar-refractivity contribution in [3.63, 3.8) is 0 Å². The number of benzene rings is 2. The highest BCUT2D eigenvalue weighted by molar-refractivity contribution is 6.31. The molecule has 4 nitrogen and oxygen atoms in total. The molecule has 2 rings (SSSR count). The quantitative estimate of drug-likeness (QED) is 0.637. The number of ether oxygens (including phenoxy) is 1. The molecule has 1 N–H and O–H groups in total. The van der Waals surface area contributed by atoms with Crippen molar-refractivity contribution in [1.29, 1.82) is 5.26 Å². The Morgan fingerprint density at radius 2 is 2.04 bits per heavy atom. The predicted octanol–water partition coefficient (Wildman–Crippen LogP) is 4.73. The highest BCUT2D eigenvalue weighted by Crippen LogP contribution is 2.31. The van der Waals surface area contributed by atoms with Gasteiger partial charge in [-0.05, 0) is 36.4 Å². The summed E-state index contributed by atoms with van der Waals surface area (Å²) in [5.41, 5.74) is 0.826. The molecule has 23 heavy (non-hydrogen) atoms. The number of anilines is 1. The van der Waals surface area contributed by atoms with Crippen LogP contribution < -0.4 is 10.1 Å². The lowest BCUT2D eigenvalue weighted by atomic mass is 10.1. The summed E-state index contributed by atoms with van der Waals surface area (Å²) in [7, 11) is 0. The maximum Gasteiger partial charge on any atom is 0.308 e. The third-order valence-corrected chi connectivity index (χ3v) is 3.42. The van der Waals surface area contributed by atoms with Crippen LogP contribution >= 0.6 is 23.2 Å². The minimum absolute atomic E-state index is 0.0713. The van der Waals surface area contributed by atoms with Gasteiger partial charge in [-0.3, -0.25) is 4.79 Å². The summed E-state index contributed by atoms with van der Waals surface area (Å²) < 4.78 is 18.3. The van der Waals surface area contributed by atoms with Crippen LogP contribution in [-0.2, 0) is 4.79 Å². The van der Waals surface area contributed by atoms with Crippen LogP contribution in [-0.4, -0.2) is 5.97 Å². The first kappa shape index (κ1) is 17.1. The van der Waals surface area contributed by atoms with Gasteiger partial charge in [0.1, 0.15) is 17.6 Å². The lowest BCUT2D eigenvalue weighted by Gasteiger charge is -2.17. The highest BCUT2D eigenvalue weighted by atomic mass is 35.5. The summed E-state index contributed by atoms with van der Waals surface area (Å²) in [4.78, 5) is 11.2. The second-order valence-corrected chi connectivity index (χ2v) is 5.45. The van der Waals surface area contributed by atoms with Crippen LogP contribution in [0.1, 0.15) is 18.5 Å². The molecule has 0 radical (unpaired) electrons. The molecule has 0 bridgehead atoms. The molecule has 0 saturated heterocycles. The average Bonchev–Trinajstić information content (AvgIpc) is 2.50. The molecule has 7 heteroatoms. The minimum atomic E-state index is -0.871. The fourth-order valence-electron chi connectivity index (χ4n) is 1.92. The van der Waals surface area contributed by atoms with Gasteiger partial charge in [0, 0.05) is 23.2 Å². The van der Waals surface area contributed by atoms with Crippen molar-refractivity contribution in [3.8, 4) is 11.8 Å². The van der Waals surface area contributed by atoms with Crippen molar-refractivity contribution in [2.75, 3.05) is 5.32 Å². The molecule has 0 saturated carbocycles. The van der Waals surface area contributed by atoms with Gasteiger partial charge in [0.15, 0.2) is 0 Å². The van der Waals surface area contributed by atoms with Crippen LogP contribution in [0.2, 0.25) is 10.0 Å². The molecule has 2 aromatic rings. The van der Waals surface area contributed by atoms with Crippen molar-refractivity contribution >= 4 is 34.9 Å². The first-order valence-electron chi connectivity index (χ1n) is 6.50. The van der Waals surface area contributed by atoms with E-state index in [1.807, 2.05) is 6.07 Å². The first-order chi connectivity index (χ1) is 10.9. The Balaban J connectivity index is 2.37. The third-order valence-electron chi connectivity index (χ3n) is 2.90. The summed E-state index contributed by atoms with van der Waals surface area (Å²) in [6.07, 6.45) is 0. The van der Waals surface area contributed by atoms with Crippen LogP contribution in [0, 0.1) is 17.1 Å². The van der Waals surface area contributed by atoms with Gasteiger partial charge in [-0.15, -0.1) is 0 Å². The molecular weight excluding hydrogens is 342 g/mol. The number of rotatable bonds is 4. The van der Waals surface area contributed by atoms with E-state index in [1.54, 1.807) is 6.07 Å². The average molecular weight is 353 g/mol. The van der Waals surface area contributed by atoms with Crippen molar-refractivity contribution in [2.45, 2.75) is 13.0 Å². The Morgan fingerprint density at radius 1 is 1.30 bits per heavy atom. The van der Waals surface area contributed by atoms with E-state index in [9.17, 15) is 14.4 Å². The number of nitriles is 1. The van der Waals surface area contributed by atoms with E-state index in [2.05, 4.69) is 5.32 Å². The van der Waals surface area contributed by atoms with Gasteiger partial charge in [0.05, 0.1) is 11.1 Å². The van der Waals surface area contributed by atoms with Gasteiger partial charge in [-0.25, -0.2) is 4.39 Å². The van der Waals surface area contributed by atoms with Gasteiger partial charge < -0.3 is 10.1 Å². The molecule has 0 aliphatic heterocycles. The van der Waals surface area contributed by atoms with E-state index < -0.39 is 17.8 Å². The Bertz CT molecular complexity index is 790. The van der Waals surface area contributed by atoms with Crippen molar-refractivity contribution in [1.82, 2.24) is 0 Å². The number of carbonyl (C=O) groups excluding carboxylic acids is 1. The van der Waals surface area contributed by atoms with E-state index >= 15 is 0 Å². The Labute approximate surface area is 142 Å². The lowest BCUT2D eigenvalue weighted by molar-refractivity contribution is -0.131. The smallest absolute Gasteiger partial charge is 0.308 e. The maximum absolute atomic E-state index is 13.2. The number of hydrogen-bond donors (Lipinski definition) is 1. The molecule has 118 valence electrons. The van der Waals surface area contributed by atoms with Crippen molar-refractivity contribution in [3.05, 3.63) is 57.8 Å². The maximum atomic E-state index is 13.2. The molecule has 1 atom stereocenters. The molecule has 0 fully saturated rings. The molecule has 1 unspecified atom stereocenters. The monoisotopic (exact) mass is 352 g/mol. The number of halogens is 3. The summed E-state index contributed by atoms with van der Waals surface area (Å²) in [6.45, 7) is 1.26. The fraction of sp³-hybridized carbons (Fsp3) is 0.125.